The Morgan fingerprint density at radius 1 is 1.09 bits per heavy atom. The number of benzene rings is 2. The smallest absolute Gasteiger partial charge is 0.252 e. The molecular weight excluding hydrogens is 481 g/mol. The van der Waals surface area contributed by atoms with Crippen LogP contribution >= 0.6 is 35.3 Å². The van der Waals surface area contributed by atoms with Gasteiger partial charge in [-0.3, -0.25) is 9.69 Å². The average molecular weight is 510 g/mol. The summed E-state index contributed by atoms with van der Waals surface area (Å²) in [5, 5.41) is 1.24. The molecule has 1 amide bonds. The first kappa shape index (κ1) is 26.9. The predicted molar refractivity (Wildman–Crippen MR) is 141 cm³/mol. The number of carbonyl (C=O) groups is 1. The third kappa shape index (κ3) is 6.60. The van der Waals surface area contributed by atoms with E-state index >= 15 is 0 Å². The molecule has 1 aromatic heterocycles. The Balaban J connectivity index is 0.00000385. The van der Waals surface area contributed by atoms with E-state index in [1.54, 1.807) is 37.3 Å². The number of amides is 1. The first-order valence-electron chi connectivity index (χ1n) is 10.5. The molecule has 0 radical (unpaired) electrons. The molecule has 0 aliphatic carbocycles. The Kier molecular flexibility index (Phi) is 10.4. The predicted octanol–water partition coefficient (Wildman–Crippen LogP) is 5.78. The van der Waals surface area contributed by atoms with Crippen LogP contribution in [-0.2, 0) is 4.79 Å². The molecule has 0 aliphatic heterocycles. The van der Waals surface area contributed by atoms with Crippen LogP contribution in [0.25, 0.3) is 16.3 Å². The van der Waals surface area contributed by atoms with E-state index in [9.17, 15) is 4.79 Å². The van der Waals surface area contributed by atoms with Crippen LogP contribution in [-0.4, -0.2) is 56.2 Å². The molecule has 9 heteroatoms. The van der Waals surface area contributed by atoms with Gasteiger partial charge in [-0.15, -0.1) is 12.4 Å². The minimum Gasteiger partial charge on any atom is -0.493 e. The van der Waals surface area contributed by atoms with Gasteiger partial charge in [-0.25, -0.2) is 4.98 Å². The summed E-state index contributed by atoms with van der Waals surface area (Å²) in [6.45, 7) is 7.35. The van der Waals surface area contributed by atoms with Gasteiger partial charge in [0.2, 0.25) is 0 Å². The van der Waals surface area contributed by atoms with E-state index in [4.69, 9.17) is 26.1 Å². The number of fused-ring (bicyclic) bond motifs is 1. The van der Waals surface area contributed by atoms with E-state index in [0.29, 0.717) is 28.2 Å². The number of nitrogens with zero attached hydrogens (tertiary/aromatic N) is 3. The molecular formula is C24H29Cl2N3O3S. The number of anilines is 1. The van der Waals surface area contributed by atoms with Gasteiger partial charge >= 0.3 is 0 Å². The van der Waals surface area contributed by atoms with Crippen molar-refractivity contribution in [3.05, 3.63) is 53.1 Å². The quantitative estimate of drug-likeness (QED) is 0.324. The van der Waals surface area contributed by atoms with Crippen molar-refractivity contribution >= 4 is 62.7 Å². The molecule has 0 atom stereocenters. The molecule has 0 aliphatic rings. The largest absolute Gasteiger partial charge is 0.493 e. The van der Waals surface area contributed by atoms with Crippen molar-refractivity contribution < 1.29 is 14.3 Å². The lowest BCUT2D eigenvalue weighted by molar-refractivity contribution is -0.114. The summed E-state index contributed by atoms with van der Waals surface area (Å²) < 4.78 is 11.7. The van der Waals surface area contributed by atoms with Crippen molar-refractivity contribution in [2.24, 2.45) is 0 Å². The van der Waals surface area contributed by atoms with E-state index in [2.05, 4.69) is 18.7 Å². The van der Waals surface area contributed by atoms with Gasteiger partial charge < -0.3 is 14.4 Å². The summed E-state index contributed by atoms with van der Waals surface area (Å²) in [4.78, 5) is 22.0. The molecule has 178 valence electrons. The van der Waals surface area contributed by atoms with Gasteiger partial charge in [0.25, 0.3) is 5.91 Å². The number of aromatic nitrogens is 1. The number of hydrogen-bond donors (Lipinski definition) is 0. The van der Waals surface area contributed by atoms with E-state index in [-0.39, 0.29) is 18.3 Å². The summed E-state index contributed by atoms with van der Waals surface area (Å²) in [5.41, 5.74) is 1.56. The molecule has 6 nitrogen and oxygen atoms in total. The van der Waals surface area contributed by atoms with Crippen LogP contribution < -0.4 is 14.4 Å². The number of likely N-dealkylation sites (N-methyl/N-ethyl adjacent to an activating group) is 1. The van der Waals surface area contributed by atoms with Gasteiger partial charge in [-0.1, -0.05) is 55.0 Å². The lowest BCUT2D eigenvalue weighted by Crippen LogP contribution is -2.38. The van der Waals surface area contributed by atoms with Gasteiger partial charge in [-0.05, 0) is 30.8 Å². The minimum atomic E-state index is -0.143. The lowest BCUT2D eigenvalue weighted by atomic mass is 10.2. The maximum absolute atomic E-state index is 13.2. The standard InChI is InChI=1S/C24H28ClN3O3S.ClH/c1-5-27(6-2)13-14-28(23(29)12-11-17-9-7-8-10-18(17)25)24-26-19-15-20(30-3)21(31-4)16-22(19)32-24;/h7-12,15-16H,5-6,13-14H2,1-4H3;1H. The third-order valence-corrected chi connectivity index (χ3v) is 6.61. The van der Waals surface area contributed by atoms with E-state index in [0.717, 1.165) is 35.4 Å². The molecule has 0 spiro atoms. The van der Waals surface area contributed by atoms with Crippen LogP contribution in [0.4, 0.5) is 5.13 Å². The number of halogens is 2. The Hall–Kier alpha value is -2.32. The van der Waals surface area contributed by atoms with Crippen molar-refractivity contribution in [1.82, 2.24) is 9.88 Å². The first-order valence-corrected chi connectivity index (χ1v) is 11.7. The summed E-state index contributed by atoms with van der Waals surface area (Å²) in [5.74, 6) is 1.10. The molecule has 0 unspecified atom stereocenters. The van der Waals surface area contributed by atoms with Crippen molar-refractivity contribution in [1.29, 1.82) is 0 Å². The molecule has 33 heavy (non-hydrogen) atoms. The summed E-state index contributed by atoms with van der Waals surface area (Å²) in [6.07, 6.45) is 3.30. The number of methoxy groups -OCH3 is 2. The van der Waals surface area contributed by atoms with Crippen LogP contribution in [0.15, 0.2) is 42.5 Å². The lowest BCUT2D eigenvalue weighted by Gasteiger charge is -2.23. The van der Waals surface area contributed by atoms with Crippen LogP contribution in [0, 0.1) is 0 Å². The Morgan fingerprint density at radius 3 is 2.39 bits per heavy atom. The van der Waals surface area contributed by atoms with E-state index in [1.165, 1.54) is 11.3 Å². The summed E-state index contributed by atoms with van der Waals surface area (Å²) >= 11 is 7.69. The Morgan fingerprint density at radius 2 is 1.76 bits per heavy atom. The molecule has 1 heterocycles. The zero-order valence-corrected chi connectivity index (χ0v) is 21.6. The fraction of sp³-hybridized carbons (Fsp3) is 0.333. The molecule has 0 N–H and O–H groups in total. The average Bonchev–Trinajstić information content (AvgIpc) is 3.22. The normalized spacial score (nSPS) is 11.1. The van der Waals surface area contributed by atoms with Gasteiger partial charge in [0.15, 0.2) is 16.6 Å². The van der Waals surface area contributed by atoms with Gasteiger partial charge in [0.1, 0.15) is 0 Å². The highest BCUT2D eigenvalue weighted by molar-refractivity contribution is 7.22. The van der Waals surface area contributed by atoms with Crippen LogP contribution in [0.5, 0.6) is 11.5 Å². The van der Waals surface area contributed by atoms with Crippen molar-refractivity contribution in [3.63, 3.8) is 0 Å². The maximum Gasteiger partial charge on any atom is 0.252 e. The second-order valence-corrected chi connectivity index (χ2v) is 8.46. The minimum absolute atomic E-state index is 0. The summed E-state index contributed by atoms with van der Waals surface area (Å²) in [7, 11) is 3.20. The molecule has 3 aromatic rings. The van der Waals surface area contributed by atoms with Crippen molar-refractivity contribution in [3.8, 4) is 11.5 Å². The number of hydrogen-bond acceptors (Lipinski definition) is 6. The molecule has 0 bridgehead atoms. The maximum atomic E-state index is 13.2. The fourth-order valence-electron chi connectivity index (χ4n) is 3.30. The zero-order valence-electron chi connectivity index (χ0n) is 19.2. The molecule has 2 aromatic carbocycles. The molecule has 0 fully saturated rings. The summed E-state index contributed by atoms with van der Waals surface area (Å²) in [6, 6.07) is 11.2. The number of ether oxygens (including phenoxy) is 2. The Bertz CT molecular complexity index is 1060. The third-order valence-electron chi connectivity index (χ3n) is 5.22. The Labute approximate surface area is 210 Å². The van der Waals surface area contributed by atoms with Crippen LogP contribution in [0.3, 0.4) is 0 Å². The highest BCUT2D eigenvalue weighted by atomic mass is 35.5. The second kappa shape index (κ2) is 12.8. The molecule has 0 saturated carbocycles. The van der Waals surface area contributed by atoms with Crippen LogP contribution in [0.1, 0.15) is 19.4 Å². The second-order valence-electron chi connectivity index (χ2n) is 7.04. The number of rotatable bonds is 10. The van der Waals surface area contributed by atoms with E-state index < -0.39 is 0 Å². The monoisotopic (exact) mass is 509 g/mol. The number of carbonyl (C=O) groups excluding carboxylic acids is 1. The van der Waals surface area contributed by atoms with E-state index in [1.807, 2.05) is 30.3 Å². The van der Waals surface area contributed by atoms with Crippen LogP contribution in [0.2, 0.25) is 5.02 Å². The molecule has 0 saturated heterocycles. The fourth-order valence-corrected chi connectivity index (χ4v) is 4.51. The first-order chi connectivity index (χ1) is 15.5. The highest BCUT2D eigenvalue weighted by Gasteiger charge is 2.20. The molecule has 3 rings (SSSR count). The highest BCUT2D eigenvalue weighted by Crippen LogP contribution is 2.37. The number of thiazole rings is 1. The van der Waals surface area contributed by atoms with Gasteiger partial charge in [-0.2, -0.15) is 0 Å². The van der Waals surface area contributed by atoms with Gasteiger partial charge in [0, 0.05) is 36.3 Å². The SMILES string of the molecule is CCN(CC)CCN(C(=O)C=Cc1ccccc1Cl)c1nc2cc(OC)c(OC)cc2s1.Cl. The van der Waals surface area contributed by atoms with Gasteiger partial charge in [0.05, 0.1) is 24.4 Å². The topological polar surface area (TPSA) is 54.9 Å². The van der Waals surface area contributed by atoms with Crippen molar-refractivity contribution in [2.45, 2.75) is 13.8 Å². The van der Waals surface area contributed by atoms with Crippen molar-refractivity contribution in [2.75, 3.05) is 45.3 Å². The zero-order chi connectivity index (χ0) is 23.1.